The summed E-state index contributed by atoms with van der Waals surface area (Å²) < 4.78 is 0. The molecule has 1 aromatic rings. The molecule has 1 fully saturated rings. The van der Waals surface area contributed by atoms with E-state index in [1.807, 2.05) is 0 Å². The summed E-state index contributed by atoms with van der Waals surface area (Å²) in [5.74, 6) is 0.310. The van der Waals surface area contributed by atoms with Gasteiger partial charge in [-0.05, 0) is 36.5 Å². The average molecular weight is 235 g/mol. The number of hydrogen-bond donors (Lipinski definition) is 1. The van der Waals surface area contributed by atoms with E-state index in [4.69, 9.17) is 0 Å². The molecule has 0 spiro atoms. The molecule has 1 aromatic carbocycles. The monoisotopic (exact) mass is 235 g/mol. The number of nitrogens with zero attached hydrogens (tertiary/aromatic N) is 1. The predicted molar refractivity (Wildman–Crippen MR) is 64.6 cm³/mol. The molecule has 92 valence electrons. The van der Waals surface area contributed by atoms with Crippen LogP contribution in [0.25, 0.3) is 0 Å². The van der Waals surface area contributed by atoms with E-state index < -0.39 is 11.0 Å². The van der Waals surface area contributed by atoms with Gasteiger partial charge in [0.15, 0.2) is 0 Å². The molecule has 0 amide bonds. The molecule has 0 aromatic heterocycles. The van der Waals surface area contributed by atoms with E-state index >= 15 is 0 Å². The minimum atomic E-state index is -0.476. The number of nitro groups is 1. The highest BCUT2D eigenvalue weighted by atomic mass is 16.6. The SMILES string of the molecule is O=[N+]([O-])c1ccc(C(O)C2CCCCC2)cc1. The van der Waals surface area contributed by atoms with Crippen LogP contribution in [-0.4, -0.2) is 10.0 Å². The van der Waals surface area contributed by atoms with Gasteiger partial charge >= 0.3 is 0 Å². The van der Waals surface area contributed by atoms with Gasteiger partial charge in [-0.3, -0.25) is 10.1 Å². The predicted octanol–water partition coefficient (Wildman–Crippen LogP) is 3.21. The molecule has 1 aliphatic rings. The van der Waals surface area contributed by atoms with E-state index in [1.165, 1.54) is 31.4 Å². The number of aliphatic hydroxyl groups excluding tert-OH is 1. The van der Waals surface area contributed by atoms with Gasteiger partial charge in [-0.15, -0.1) is 0 Å². The molecule has 0 bridgehead atoms. The Morgan fingerprint density at radius 1 is 1.18 bits per heavy atom. The maximum absolute atomic E-state index is 10.5. The number of benzene rings is 1. The molecular formula is C13H17NO3. The maximum Gasteiger partial charge on any atom is 0.269 e. The highest BCUT2D eigenvalue weighted by Gasteiger charge is 2.23. The van der Waals surface area contributed by atoms with Gasteiger partial charge in [0.1, 0.15) is 0 Å². The zero-order chi connectivity index (χ0) is 12.3. The highest BCUT2D eigenvalue weighted by Crippen LogP contribution is 2.34. The van der Waals surface area contributed by atoms with Crippen molar-refractivity contribution >= 4 is 5.69 Å². The fourth-order valence-corrected chi connectivity index (χ4v) is 2.52. The second kappa shape index (κ2) is 5.27. The Morgan fingerprint density at radius 2 is 1.76 bits per heavy atom. The quantitative estimate of drug-likeness (QED) is 0.646. The Morgan fingerprint density at radius 3 is 2.29 bits per heavy atom. The second-order valence-electron chi connectivity index (χ2n) is 4.69. The molecule has 1 unspecified atom stereocenters. The van der Waals surface area contributed by atoms with Crippen molar-refractivity contribution in [1.29, 1.82) is 0 Å². The molecule has 0 saturated heterocycles. The van der Waals surface area contributed by atoms with Crippen LogP contribution in [0.4, 0.5) is 5.69 Å². The van der Waals surface area contributed by atoms with Crippen molar-refractivity contribution in [1.82, 2.24) is 0 Å². The minimum absolute atomic E-state index is 0.0737. The average Bonchev–Trinajstić information content (AvgIpc) is 2.39. The Bertz CT molecular complexity index is 382. The molecule has 1 N–H and O–H groups in total. The molecule has 4 heteroatoms. The normalized spacial score (nSPS) is 18.9. The molecule has 1 saturated carbocycles. The molecule has 1 aliphatic carbocycles. The van der Waals surface area contributed by atoms with E-state index in [9.17, 15) is 15.2 Å². The first-order chi connectivity index (χ1) is 8.18. The van der Waals surface area contributed by atoms with Gasteiger partial charge < -0.3 is 5.11 Å². The first kappa shape index (κ1) is 12.0. The molecular weight excluding hydrogens is 218 g/mol. The van der Waals surface area contributed by atoms with E-state index in [2.05, 4.69) is 0 Å². The lowest BCUT2D eigenvalue weighted by Crippen LogP contribution is -2.15. The van der Waals surface area contributed by atoms with E-state index in [0.29, 0.717) is 5.92 Å². The Hall–Kier alpha value is -1.42. The van der Waals surface area contributed by atoms with Crippen molar-refractivity contribution in [2.45, 2.75) is 38.2 Å². The Labute approximate surface area is 100 Å². The van der Waals surface area contributed by atoms with Gasteiger partial charge in [0, 0.05) is 12.1 Å². The molecule has 4 nitrogen and oxygen atoms in total. The molecule has 17 heavy (non-hydrogen) atoms. The van der Waals surface area contributed by atoms with Crippen LogP contribution in [-0.2, 0) is 0 Å². The Balaban J connectivity index is 2.07. The number of nitro benzene ring substituents is 1. The second-order valence-corrected chi connectivity index (χ2v) is 4.69. The molecule has 0 radical (unpaired) electrons. The zero-order valence-electron chi connectivity index (χ0n) is 9.71. The summed E-state index contributed by atoms with van der Waals surface area (Å²) in [4.78, 5) is 10.1. The molecule has 2 rings (SSSR count). The first-order valence-corrected chi connectivity index (χ1v) is 6.11. The lowest BCUT2D eigenvalue weighted by Gasteiger charge is -2.26. The van der Waals surface area contributed by atoms with Crippen LogP contribution < -0.4 is 0 Å². The summed E-state index contributed by atoms with van der Waals surface area (Å²) >= 11 is 0. The summed E-state index contributed by atoms with van der Waals surface area (Å²) in [5.41, 5.74) is 0.868. The van der Waals surface area contributed by atoms with Crippen molar-refractivity contribution in [2.24, 2.45) is 5.92 Å². The summed E-state index contributed by atoms with van der Waals surface area (Å²) in [6.07, 6.45) is 5.24. The number of aliphatic hydroxyl groups is 1. The highest BCUT2D eigenvalue weighted by molar-refractivity contribution is 5.33. The standard InChI is InChI=1S/C13H17NO3/c15-13(10-4-2-1-3-5-10)11-6-8-12(9-7-11)14(16)17/h6-10,13,15H,1-5H2. The van der Waals surface area contributed by atoms with Crippen LogP contribution >= 0.6 is 0 Å². The minimum Gasteiger partial charge on any atom is -0.388 e. The van der Waals surface area contributed by atoms with Gasteiger partial charge in [0.2, 0.25) is 0 Å². The molecule has 0 heterocycles. The van der Waals surface area contributed by atoms with Crippen molar-refractivity contribution < 1.29 is 10.0 Å². The third-order valence-corrected chi connectivity index (χ3v) is 3.54. The number of rotatable bonds is 3. The van der Waals surface area contributed by atoms with Crippen molar-refractivity contribution in [3.63, 3.8) is 0 Å². The van der Waals surface area contributed by atoms with E-state index in [-0.39, 0.29) is 5.69 Å². The molecule has 1 atom stereocenters. The van der Waals surface area contributed by atoms with Gasteiger partial charge in [0.25, 0.3) is 5.69 Å². The van der Waals surface area contributed by atoms with E-state index in [0.717, 1.165) is 18.4 Å². The summed E-state index contributed by atoms with van der Waals surface area (Å²) in [7, 11) is 0. The largest absolute Gasteiger partial charge is 0.388 e. The van der Waals surface area contributed by atoms with Gasteiger partial charge in [-0.2, -0.15) is 0 Å². The summed E-state index contributed by atoms with van der Waals surface area (Å²) in [6.45, 7) is 0. The van der Waals surface area contributed by atoms with Crippen molar-refractivity contribution in [3.05, 3.63) is 39.9 Å². The maximum atomic E-state index is 10.5. The summed E-state index contributed by atoms with van der Waals surface area (Å²) in [6, 6.07) is 6.25. The number of non-ortho nitro benzene ring substituents is 1. The smallest absolute Gasteiger partial charge is 0.269 e. The fraction of sp³-hybridized carbons (Fsp3) is 0.538. The van der Waals surface area contributed by atoms with Crippen molar-refractivity contribution in [3.8, 4) is 0 Å². The van der Waals surface area contributed by atoms with Crippen molar-refractivity contribution in [2.75, 3.05) is 0 Å². The molecule has 0 aliphatic heterocycles. The first-order valence-electron chi connectivity index (χ1n) is 6.11. The van der Waals surface area contributed by atoms with Gasteiger partial charge in [-0.25, -0.2) is 0 Å². The van der Waals surface area contributed by atoms with Crippen LogP contribution in [0.1, 0.15) is 43.8 Å². The van der Waals surface area contributed by atoms with Crippen LogP contribution in [0.2, 0.25) is 0 Å². The van der Waals surface area contributed by atoms with Crippen LogP contribution in [0.5, 0.6) is 0 Å². The van der Waals surface area contributed by atoms with Crippen LogP contribution in [0.3, 0.4) is 0 Å². The fourth-order valence-electron chi connectivity index (χ4n) is 2.52. The zero-order valence-corrected chi connectivity index (χ0v) is 9.71. The number of hydrogen-bond acceptors (Lipinski definition) is 3. The lowest BCUT2D eigenvalue weighted by atomic mass is 9.83. The Kier molecular flexibility index (Phi) is 3.74. The lowest BCUT2D eigenvalue weighted by molar-refractivity contribution is -0.384. The van der Waals surface area contributed by atoms with E-state index in [1.54, 1.807) is 12.1 Å². The third kappa shape index (κ3) is 2.82. The van der Waals surface area contributed by atoms with Gasteiger partial charge in [0.05, 0.1) is 11.0 Å². The summed E-state index contributed by atoms with van der Waals surface area (Å²) in [5, 5.41) is 20.7. The van der Waals surface area contributed by atoms with Gasteiger partial charge in [-0.1, -0.05) is 19.3 Å². The van der Waals surface area contributed by atoms with Crippen LogP contribution in [0, 0.1) is 16.0 Å². The topological polar surface area (TPSA) is 63.4 Å². The van der Waals surface area contributed by atoms with Crippen LogP contribution in [0.15, 0.2) is 24.3 Å². The third-order valence-electron chi connectivity index (χ3n) is 3.54.